The van der Waals surface area contributed by atoms with Gasteiger partial charge in [0.05, 0.1) is 24.3 Å². The van der Waals surface area contributed by atoms with Crippen LogP contribution in [0.4, 0.5) is 0 Å². The van der Waals surface area contributed by atoms with Gasteiger partial charge in [-0.25, -0.2) is 0 Å². The number of fused-ring (bicyclic) bond motifs is 2. The van der Waals surface area contributed by atoms with Crippen molar-refractivity contribution < 1.29 is 19.7 Å². The molecule has 2 atom stereocenters. The zero-order chi connectivity index (χ0) is 23.5. The zero-order valence-corrected chi connectivity index (χ0v) is 19.7. The molecule has 2 N–H and O–H groups in total. The van der Waals surface area contributed by atoms with Crippen LogP contribution in [0.15, 0.2) is 42.5 Å². The van der Waals surface area contributed by atoms with Gasteiger partial charge in [0.2, 0.25) is 0 Å². The Morgan fingerprint density at radius 1 is 1.03 bits per heavy atom. The molecule has 0 bridgehead atoms. The van der Waals surface area contributed by atoms with Crippen LogP contribution in [0.1, 0.15) is 39.9 Å². The Bertz CT molecular complexity index is 1010. The highest BCUT2D eigenvalue weighted by Crippen LogP contribution is 2.26. The number of β-amino-alcohol motifs (C(OH)–C–C–N with tert-alkyl or cyclic N) is 2. The predicted molar refractivity (Wildman–Crippen MR) is 130 cm³/mol. The van der Waals surface area contributed by atoms with Crippen LogP contribution in [-0.2, 0) is 19.5 Å². The standard InChI is InChI=1S/C27H35N3O4/c31-23-6-3-10-28(17-23)15-20-7-8-25-26(14-20)34-13-12-30(27(25)33)19-24(32)18-29-11-9-21-4-1-2-5-22(21)16-29/h1-2,4-5,7-8,14,23-24,31-32H,3,6,9-13,15-19H2/t23?,24-/m1/s1. The minimum absolute atomic E-state index is 0.0875. The number of aliphatic hydroxyl groups excluding tert-OH is 2. The predicted octanol–water partition coefficient (Wildman–Crippen LogP) is 1.90. The SMILES string of the molecule is O=C1c2ccc(CN3CCCC(O)C3)cc2OCCN1C[C@H](O)CN1CCc2ccccc2C1. The number of nitrogens with zero attached hydrogens (tertiary/aromatic N) is 3. The number of hydrogen-bond donors (Lipinski definition) is 2. The number of rotatable bonds is 6. The van der Waals surface area contributed by atoms with Crippen molar-refractivity contribution in [2.45, 2.75) is 44.6 Å². The molecule has 0 aliphatic carbocycles. The lowest BCUT2D eigenvalue weighted by molar-refractivity contribution is 0.0501. The molecule has 3 aliphatic rings. The third-order valence-corrected chi connectivity index (χ3v) is 7.18. The summed E-state index contributed by atoms with van der Waals surface area (Å²) >= 11 is 0. The molecule has 2 aromatic rings. The molecule has 0 aromatic heterocycles. The fourth-order valence-electron chi connectivity index (χ4n) is 5.43. The minimum atomic E-state index is -0.611. The Labute approximate surface area is 201 Å². The molecule has 3 aliphatic heterocycles. The van der Waals surface area contributed by atoms with Gasteiger partial charge >= 0.3 is 0 Å². The van der Waals surface area contributed by atoms with Gasteiger partial charge < -0.3 is 19.8 Å². The average Bonchev–Trinajstić information content (AvgIpc) is 2.97. The summed E-state index contributed by atoms with van der Waals surface area (Å²) in [5, 5.41) is 20.7. The molecule has 34 heavy (non-hydrogen) atoms. The number of ether oxygens (including phenoxy) is 1. The van der Waals surface area contributed by atoms with Crippen molar-refractivity contribution in [3.63, 3.8) is 0 Å². The molecule has 182 valence electrons. The number of aliphatic hydroxyl groups is 2. The van der Waals surface area contributed by atoms with Crippen LogP contribution < -0.4 is 4.74 Å². The van der Waals surface area contributed by atoms with Crippen molar-refractivity contribution in [2.75, 3.05) is 45.9 Å². The van der Waals surface area contributed by atoms with E-state index in [4.69, 9.17) is 4.74 Å². The maximum atomic E-state index is 13.3. The second kappa shape index (κ2) is 10.4. The normalized spacial score (nSPS) is 22.5. The van der Waals surface area contributed by atoms with Gasteiger partial charge in [0, 0.05) is 39.3 Å². The fourth-order valence-corrected chi connectivity index (χ4v) is 5.43. The monoisotopic (exact) mass is 465 g/mol. The molecule has 1 saturated heterocycles. The van der Waals surface area contributed by atoms with Crippen molar-refractivity contribution in [2.24, 2.45) is 0 Å². The van der Waals surface area contributed by atoms with E-state index in [1.807, 2.05) is 18.2 Å². The van der Waals surface area contributed by atoms with E-state index in [9.17, 15) is 15.0 Å². The summed E-state index contributed by atoms with van der Waals surface area (Å²) in [6, 6.07) is 14.3. The van der Waals surface area contributed by atoms with E-state index in [1.165, 1.54) is 11.1 Å². The Balaban J connectivity index is 1.19. The van der Waals surface area contributed by atoms with Crippen molar-refractivity contribution in [1.29, 1.82) is 0 Å². The third-order valence-electron chi connectivity index (χ3n) is 7.18. The van der Waals surface area contributed by atoms with Crippen molar-refractivity contribution in [3.8, 4) is 5.75 Å². The van der Waals surface area contributed by atoms with E-state index < -0.39 is 6.10 Å². The van der Waals surface area contributed by atoms with Gasteiger partial charge in [-0.1, -0.05) is 30.3 Å². The first-order valence-electron chi connectivity index (χ1n) is 12.5. The summed E-state index contributed by atoms with van der Waals surface area (Å²) in [5.74, 6) is 0.528. The van der Waals surface area contributed by atoms with E-state index in [-0.39, 0.29) is 12.0 Å². The lowest BCUT2D eigenvalue weighted by Crippen LogP contribution is -2.44. The van der Waals surface area contributed by atoms with Crippen LogP contribution in [0, 0.1) is 0 Å². The zero-order valence-electron chi connectivity index (χ0n) is 19.7. The Morgan fingerprint density at radius 3 is 2.74 bits per heavy atom. The molecule has 0 spiro atoms. The second-order valence-corrected chi connectivity index (χ2v) is 9.87. The van der Waals surface area contributed by atoms with Gasteiger partial charge in [0.15, 0.2) is 0 Å². The molecule has 0 radical (unpaired) electrons. The van der Waals surface area contributed by atoms with E-state index >= 15 is 0 Å². The molecule has 5 rings (SSSR count). The number of carbonyl (C=O) groups is 1. The second-order valence-electron chi connectivity index (χ2n) is 9.87. The topological polar surface area (TPSA) is 76.5 Å². The van der Waals surface area contributed by atoms with Crippen LogP contribution in [0.25, 0.3) is 0 Å². The maximum absolute atomic E-state index is 13.3. The van der Waals surface area contributed by atoms with Crippen LogP contribution >= 0.6 is 0 Å². The molecule has 7 nitrogen and oxygen atoms in total. The summed E-state index contributed by atoms with van der Waals surface area (Å²) in [4.78, 5) is 19.5. The Morgan fingerprint density at radius 2 is 1.88 bits per heavy atom. The number of carbonyl (C=O) groups excluding carboxylic acids is 1. The number of likely N-dealkylation sites (tertiary alicyclic amines) is 1. The highest BCUT2D eigenvalue weighted by Gasteiger charge is 2.27. The number of benzene rings is 2. The van der Waals surface area contributed by atoms with Crippen molar-refractivity contribution >= 4 is 5.91 Å². The van der Waals surface area contributed by atoms with Gasteiger partial charge in [-0.05, 0) is 54.6 Å². The summed E-state index contributed by atoms with van der Waals surface area (Å²) in [5.41, 5.74) is 4.35. The molecule has 3 heterocycles. The maximum Gasteiger partial charge on any atom is 0.257 e. The third kappa shape index (κ3) is 5.44. The van der Waals surface area contributed by atoms with Gasteiger partial charge in [0.1, 0.15) is 12.4 Å². The van der Waals surface area contributed by atoms with E-state index in [1.54, 1.807) is 4.90 Å². The van der Waals surface area contributed by atoms with Gasteiger partial charge in [0.25, 0.3) is 5.91 Å². The van der Waals surface area contributed by atoms with E-state index in [0.29, 0.717) is 44.1 Å². The number of piperidine rings is 1. The molecule has 0 saturated carbocycles. The van der Waals surface area contributed by atoms with Gasteiger partial charge in [-0.15, -0.1) is 0 Å². The molecule has 1 unspecified atom stereocenters. The van der Waals surface area contributed by atoms with Crippen molar-refractivity contribution in [1.82, 2.24) is 14.7 Å². The number of amides is 1. The van der Waals surface area contributed by atoms with Crippen LogP contribution in [-0.4, -0.2) is 88.9 Å². The summed E-state index contributed by atoms with van der Waals surface area (Å²) in [6.07, 6.45) is 1.99. The highest BCUT2D eigenvalue weighted by atomic mass is 16.5. The van der Waals surface area contributed by atoms with Crippen LogP contribution in [0.3, 0.4) is 0 Å². The highest BCUT2D eigenvalue weighted by molar-refractivity contribution is 5.97. The molecular weight excluding hydrogens is 430 g/mol. The molecule has 1 fully saturated rings. The van der Waals surface area contributed by atoms with Crippen molar-refractivity contribution in [3.05, 3.63) is 64.7 Å². The lowest BCUT2D eigenvalue weighted by Gasteiger charge is -2.32. The number of hydrogen-bond acceptors (Lipinski definition) is 6. The fraction of sp³-hybridized carbons (Fsp3) is 0.519. The quantitative estimate of drug-likeness (QED) is 0.679. The van der Waals surface area contributed by atoms with Crippen LogP contribution in [0.5, 0.6) is 5.75 Å². The summed E-state index contributed by atoms with van der Waals surface area (Å²) in [7, 11) is 0. The smallest absolute Gasteiger partial charge is 0.257 e. The first kappa shape index (κ1) is 23.3. The molecular formula is C27H35N3O4. The van der Waals surface area contributed by atoms with Gasteiger partial charge in [-0.2, -0.15) is 0 Å². The first-order valence-corrected chi connectivity index (χ1v) is 12.5. The lowest BCUT2D eigenvalue weighted by atomic mass is 10.00. The van der Waals surface area contributed by atoms with Gasteiger partial charge in [-0.3, -0.25) is 14.6 Å². The average molecular weight is 466 g/mol. The van der Waals surface area contributed by atoms with E-state index in [0.717, 1.165) is 51.0 Å². The Kier molecular flexibility index (Phi) is 7.15. The summed E-state index contributed by atoms with van der Waals surface area (Å²) < 4.78 is 5.95. The summed E-state index contributed by atoms with van der Waals surface area (Å²) in [6.45, 7) is 5.88. The molecule has 2 aromatic carbocycles. The molecule has 1 amide bonds. The minimum Gasteiger partial charge on any atom is -0.491 e. The first-order chi connectivity index (χ1) is 16.5. The van der Waals surface area contributed by atoms with E-state index in [2.05, 4.69) is 34.1 Å². The largest absolute Gasteiger partial charge is 0.491 e. The Hall–Kier alpha value is -2.45. The van der Waals surface area contributed by atoms with Crippen LogP contribution in [0.2, 0.25) is 0 Å². The molecule has 7 heteroatoms.